The number of nitrogen functional groups attached to an aromatic ring is 1. The van der Waals surface area contributed by atoms with Crippen molar-refractivity contribution in [2.45, 2.75) is 26.2 Å². The highest BCUT2D eigenvalue weighted by Crippen LogP contribution is 2.30. The molecule has 8 heteroatoms. The summed E-state index contributed by atoms with van der Waals surface area (Å²) in [4.78, 5) is 25.6. The number of pyridine rings is 1. The molecule has 2 aromatic rings. The van der Waals surface area contributed by atoms with Gasteiger partial charge in [0.2, 0.25) is 0 Å². The Morgan fingerprint density at radius 2 is 1.96 bits per heavy atom. The zero-order valence-electron chi connectivity index (χ0n) is 15.4. The third-order valence-corrected chi connectivity index (χ3v) is 3.94. The van der Waals surface area contributed by atoms with Crippen LogP contribution < -0.4 is 16.0 Å². The molecule has 0 amide bonds. The number of unbranched alkanes of at least 4 members (excludes halogenated alkanes) is 1. The van der Waals surface area contributed by atoms with Crippen molar-refractivity contribution < 1.29 is 14.3 Å². The molecular weight excluding hydrogens is 360 g/mol. The SMILES string of the molecule is CCOC(=O)CCCCOc1cccc(-c2c(C#N)c(N)[nH]c(=O)c2C#N)c1. The summed E-state index contributed by atoms with van der Waals surface area (Å²) < 4.78 is 10.5. The predicted molar refractivity (Wildman–Crippen MR) is 102 cm³/mol. The molecule has 0 fully saturated rings. The average molecular weight is 380 g/mol. The summed E-state index contributed by atoms with van der Waals surface area (Å²) in [5.41, 5.74) is 5.59. The van der Waals surface area contributed by atoms with Crippen LogP contribution in [0.4, 0.5) is 5.82 Å². The fourth-order valence-electron chi connectivity index (χ4n) is 2.67. The highest BCUT2D eigenvalue weighted by molar-refractivity contribution is 5.80. The van der Waals surface area contributed by atoms with Crippen molar-refractivity contribution in [1.82, 2.24) is 4.98 Å². The van der Waals surface area contributed by atoms with Crippen LogP contribution in [-0.4, -0.2) is 24.2 Å². The van der Waals surface area contributed by atoms with Crippen molar-refractivity contribution >= 4 is 11.8 Å². The molecule has 0 radical (unpaired) electrons. The third kappa shape index (κ3) is 4.89. The summed E-state index contributed by atoms with van der Waals surface area (Å²) >= 11 is 0. The van der Waals surface area contributed by atoms with E-state index >= 15 is 0 Å². The highest BCUT2D eigenvalue weighted by Gasteiger charge is 2.18. The topological polar surface area (TPSA) is 142 Å². The minimum Gasteiger partial charge on any atom is -0.494 e. The number of hydrogen-bond donors (Lipinski definition) is 2. The van der Waals surface area contributed by atoms with Gasteiger partial charge in [0, 0.05) is 12.0 Å². The number of nitriles is 2. The van der Waals surface area contributed by atoms with Gasteiger partial charge < -0.3 is 20.2 Å². The Bertz CT molecular complexity index is 999. The van der Waals surface area contributed by atoms with Crippen LogP contribution in [0.3, 0.4) is 0 Å². The third-order valence-electron chi connectivity index (χ3n) is 3.94. The first kappa shape index (κ1) is 20.5. The number of carbonyl (C=O) groups is 1. The number of rotatable bonds is 8. The monoisotopic (exact) mass is 380 g/mol. The van der Waals surface area contributed by atoms with Crippen LogP contribution in [-0.2, 0) is 9.53 Å². The number of nitrogens with two attached hydrogens (primary N) is 1. The van der Waals surface area contributed by atoms with Crippen molar-refractivity contribution in [2.75, 3.05) is 18.9 Å². The van der Waals surface area contributed by atoms with Gasteiger partial charge in [0.15, 0.2) is 0 Å². The van der Waals surface area contributed by atoms with Crippen molar-refractivity contribution in [2.24, 2.45) is 0 Å². The maximum atomic E-state index is 12.0. The second-order valence-corrected chi connectivity index (χ2v) is 5.85. The molecule has 1 aromatic carbocycles. The van der Waals surface area contributed by atoms with E-state index in [-0.39, 0.29) is 28.5 Å². The molecule has 1 aromatic heterocycles. The molecule has 8 nitrogen and oxygen atoms in total. The van der Waals surface area contributed by atoms with Crippen LogP contribution in [0.15, 0.2) is 29.1 Å². The van der Waals surface area contributed by atoms with Gasteiger partial charge in [0.25, 0.3) is 5.56 Å². The zero-order valence-corrected chi connectivity index (χ0v) is 15.4. The lowest BCUT2D eigenvalue weighted by molar-refractivity contribution is -0.143. The molecular formula is C20H20N4O4. The van der Waals surface area contributed by atoms with E-state index in [9.17, 15) is 20.1 Å². The lowest BCUT2D eigenvalue weighted by Gasteiger charge is -2.11. The molecule has 0 bridgehead atoms. The van der Waals surface area contributed by atoms with Crippen molar-refractivity contribution in [3.05, 3.63) is 45.7 Å². The smallest absolute Gasteiger partial charge is 0.305 e. The van der Waals surface area contributed by atoms with Gasteiger partial charge in [0.05, 0.1) is 13.2 Å². The van der Waals surface area contributed by atoms with Crippen molar-refractivity contribution in [1.29, 1.82) is 10.5 Å². The fraction of sp³-hybridized carbons (Fsp3) is 0.300. The molecule has 28 heavy (non-hydrogen) atoms. The van der Waals surface area contributed by atoms with Gasteiger partial charge in [-0.25, -0.2) is 0 Å². The Kier molecular flexibility index (Phi) is 7.18. The van der Waals surface area contributed by atoms with Crippen LogP contribution in [0.25, 0.3) is 11.1 Å². The lowest BCUT2D eigenvalue weighted by atomic mass is 9.96. The molecule has 0 saturated carbocycles. The molecule has 3 N–H and O–H groups in total. The molecule has 0 aliphatic carbocycles. The number of ether oxygens (including phenoxy) is 2. The molecule has 144 valence electrons. The Hall–Kier alpha value is -3.78. The van der Waals surface area contributed by atoms with Gasteiger partial charge in [0.1, 0.15) is 34.8 Å². The summed E-state index contributed by atoms with van der Waals surface area (Å²) in [5, 5.41) is 18.7. The summed E-state index contributed by atoms with van der Waals surface area (Å²) in [5.74, 6) is 0.191. The minimum absolute atomic E-state index is 0.0303. The summed E-state index contributed by atoms with van der Waals surface area (Å²) in [6, 6.07) is 10.5. The fourth-order valence-corrected chi connectivity index (χ4v) is 2.67. The Morgan fingerprint density at radius 3 is 2.64 bits per heavy atom. The van der Waals surface area contributed by atoms with Crippen molar-refractivity contribution in [3.8, 4) is 29.0 Å². The van der Waals surface area contributed by atoms with E-state index in [0.717, 1.165) is 0 Å². The number of nitrogens with zero attached hydrogens (tertiary/aromatic N) is 2. The number of hydrogen-bond acceptors (Lipinski definition) is 7. The molecule has 1 heterocycles. The number of aromatic nitrogens is 1. The summed E-state index contributed by atoms with van der Waals surface area (Å²) in [6.45, 7) is 2.51. The van der Waals surface area contributed by atoms with Crippen LogP contribution >= 0.6 is 0 Å². The highest BCUT2D eigenvalue weighted by atomic mass is 16.5. The van der Waals surface area contributed by atoms with E-state index in [0.29, 0.717) is 43.8 Å². The van der Waals surface area contributed by atoms with Gasteiger partial charge in [-0.2, -0.15) is 10.5 Å². The van der Waals surface area contributed by atoms with Crippen LogP contribution in [0, 0.1) is 22.7 Å². The van der Waals surface area contributed by atoms with Crippen LogP contribution in [0.1, 0.15) is 37.3 Å². The van der Waals surface area contributed by atoms with E-state index in [2.05, 4.69) is 4.98 Å². The van der Waals surface area contributed by atoms with E-state index in [4.69, 9.17) is 15.2 Å². The number of nitrogens with one attached hydrogen (secondary N) is 1. The van der Waals surface area contributed by atoms with Gasteiger partial charge in [-0.3, -0.25) is 9.59 Å². The minimum atomic E-state index is -0.653. The molecule has 2 rings (SSSR count). The Balaban J connectivity index is 2.17. The van der Waals surface area contributed by atoms with E-state index in [1.54, 1.807) is 31.2 Å². The molecule has 0 aliphatic rings. The van der Waals surface area contributed by atoms with E-state index in [1.807, 2.05) is 12.1 Å². The number of H-pyrrole nitrogens is 1. The number of esters is 1. The van der Waals surface area contributed by atoms with Crippen LogP contribution in [0.5, 0.6) is 5.75 Å². The second-order valence-electron chi connectivity index (χ2n) is 5.85. The summed E-state index contributed by atoms with van der Waals surface area (Å²) in [7, 11) is 0. The molecule has 0 unspecified atom stereocenters. The van der Waals surface area contributed by atoms with Crippen LogP contribution in [0.2, 0.25) is 0 Å². The first-order valence-corrected chi connectivity index (χ1v) is 8.76. The van der Waals surface area contributed by atoms with E-state index in [1.165, 1.54) is 0 Å². The lowest BCUT2D eigenvalue weighted by Crippen LogP contribution is -2.16. The zero-order chi connectivity index (χ0) is 20.5. The maximum Gasteiger partial charge on any atom is 0.305 e. The maximum absolute atomic E-state index is 12.0. The van der Waals surface area contributed by atoms with Gasteiger partial charge in [-0.1, -0.05) is 12.1 Å². The van der Waals surface area contributed by atoms with Gasteiger partial charge in [-0.05, 0) is 37.5 Å². The first-order chi connectivity index (χ1) is 13.5. The number of aromatic amines is 1. The number of benzene rings is 1. The Labute approximate surface area is 162 Å². The van der Waals surface area contributed by atoms with Gasteiger partial charge in [-0.15, -0.1) is 0 Å². The average Bonchev–Trinajstić information content (AvgIpc) is 2.67. The molecule has 0 atom stereocenters. The standard InChI is InChI=1S/C20H20N4O4/c1-2-27-17(25)8-3-4-9-28-14-7-5-6-13(10-14)18-15(11-21)19(23)24-20(26)16(18)12-22/h5-7,10H,2-4,8-9H2,1H3,(H3,23,24,26). The van der Waals surface area contributed by atoms with Gasteiger partial charge >= 0.3 is 5.97 Å². The summed E-state index contributed by atoms with van der Waals surface area (Å²) in [6.07, 6.45) is 1.63. The largest absolute Gasteiger partial charge is 0.494 e. The predicted octanol–water partition coefficient (Wildman–Crippen LogP) is 2.48. The quantitative estimate of drug-likeness (QED) is 0.529. The normalized spacial score (nSPS) is 9.96. The molecule has 0 saturated heterocycles. The van der Waals surface area contributed by atoms with Crippen molar-refractivity contribution in [3.63, 3.8) is 0 Å². The number of carbonyl (C=O) groups excluding carboxylic acids is 1. The van der Waals surface area contributed by atoms with E-state index < -0.39 is 5.56 Å². The Morgan fingerprint density at radius 1 is 1.21 bits per heavy atom. The molecule has 0 aliphatic heterocycles. The second kappa shape index (κ2) is 9.79. The molecule has 0 spiro atoms. The first-order valence-electron chi connectivity index (χ1n) is 8.76. The number of anilines is 1.